The van der Waals surface area contributed by atoms with E-state index in [1.807, 2.05) is 0 Å². The first-order valence-corrected chi connectivity index (χ1v) is 28.4. The van der Waals surface area contributed by atoms with Gasteiger partial charge in [0.15, 0.2) is 12.3 Å². The fraction of sp³-hybridized carbons (Fsp3) is 0.576. The van der Waals surface area contributed by atoms with E-state index in [1.165, 1.54) is 0 Å². The molecule has 0 amide bonds. The Morgan fingerprint density at radius 3 is 0.474 bits per heavy atom. The number of hydrogen-bond acceptors (Lipinski definition) is 12. The lowest BCUT2D eigenvalue weighted by atomic mass is 9.86. The van der Waals surface area contributed by atoms with Crippen molar-refractivity contribution in [2.24, 2.45) is 0 Å². The van der Waals surface area contributed by atoms with Crippen LogP contribution in [0.1, 0.15) is 234 Å². The predicted molar refractivity (Wildman–Crippen MR) is 326 cm³/mol. The van der Waals surface area contributed by atoms with Gasteiger partial charge in [-0.3, -0.25) is 19.6 Å². The van der Waals surface area contributed by atoms with Crippen LogP contribution in [0, 0.1) is 27.7 Å². The van der Waals surface area contributed by atoms with Crippen molar-refractivity contribution in [3.8, 4) is 0 Å². The van der Waals surface area contributed by atoms with Gasteiger partial charge in [-0.05, 0) is 98.5 Å². The standard InChI is InChI=1S/C66H94N12/c1-37-29-41-42(30-38(37)2)76(56-69-47(61(11,12)13)34-48(70-56)62(14,15)16)53(75(41)55-67-45(59(5,6)7)33-46(68-55)60(8,9)10)54-77(57-71-49(63(17,18)19)35-50(72-57)64(20,21)22)43-31-39(3)40(4)32-44(43)78(54)58-73-51(65(23,24)25)36-52(74-58)66(26,27)28/h29-36,53-54H,1-28H3. The van der Waals surface area contributed by atoms with Gasteiger partial charge in [0, 0.05) is 43.3 Å². The highest BCUT2D eigenvalue weighted by molar-refractivity contribution is 5.92. The fourth-order valence-electron chi connectivity index (χ4n) is 9.82. The molecule has 0 N–H and O–H groups in total. The highest BCUT2D eigenvalue weighted by atomic mass is 15.6. The first-order valence-electron chi connectivity index (χ1n) is 28.4. The molecule has 12 nitrogen and oxygen atoms in total. The summed E-state index contributed by atoms with van der Waals surface area (Å²) in [5, 5.41) is 0. The van der Waals surface area contributed by atoms with Gasteiger partial charge < -0.3 is 0 Å². The van der Waals surface area contributed by atoms with Crippen LogP contribution in [0.3, 0.4) is 0 Å². The van der Waals surface area contributed by atoms with Crippen molar-refractivity contribution in [2.75, 3.05) is 19.6 Å². The number of rotatable bonds is 5. The van der Waals surface area contributed by atoms with Crippen molar-refractivity contribution in [3.63, 3.8) is 0 Å². The molecule has 12 heteroatoms. The van der Waals surface area contributed by atoms with Crippen LogP contribution in [0.4, 0.5) is 46.5 Å². The highest BCUT2D eigenvalue weighted by Crippen LogP contribution is 2.56. The Bertz CT molecular complexity index is 2730. The Balaban J connectivity index is 1.67. The second-order valence-corrected chi connectivity index (χ2v) is 30.9. The lowest BCUT2D eigenvalue weighted by molar-refractivity contribution is 0.495. The van der Waals surface area contributed by atoms with E-state index in [1.54, 1.807) is 0 Å². The van der Waals surface area contributed by atoms with E-state index in [2.05, 4.69) is 262 Å². The molecule has 2 aliphatic heterocycles. The fourth-order valence-corrected chi connectivity index (χ4v) is 9.82. The summed E-state index contributed by atoms with van der Waals surface area (Å²) in [4.78, 5) is 55.3. The zero-order valence-corrected chi connectivity index (χ0v) is 53.1. The van der Waals surface area contributed by atoms with Crippen molar-refractivity contribution in [3.05, 3.63) is 116 Å². The minimum Gasteiger partial charge on any atom is -0.283 e. The van der Waals surface area contributed by atoms with Gasteiger partial charge in [-0.1, -0.05) is 166 Å². The minimum absolute atomic E-state index is 0.323. The summed E-state index contributed by atoms with van der Waals surface area (Å²) in [5.41, 5.74) is 13.3. The molecule has 0 unspecified atom stereocenters. The summed E-state index contributed by atoms with van der Waals surface area (Å²) in [5.74, 6) is 2.32. The topological polar surface area (TPSA) is 116 Å². The zero-order chi connectivity index (χ0) is 58.3. The quantitative estimate of drug-likeness (QED) is 0.164. The Labute approximate surface area is 469 Å². The molecule has 6 aromatic rings. The van der Waals surface area contributed by atoms with E-state index in [9.17, 15) is 0 Å². The minimum atomic E-state index is -0.736. The first-order chi connectivity index (χ1) is 35.3. The second kappa shape index (κ2) is 18.8. The summed E-state index contributed by atoms with van der Waals surface area (Å²) < 4.78 is 0. The van der Waals surface area contributed by atoms with E-state index < -0.39 is 12.3 Å². The van der Waals surface area contributed by atoms with Gasteiger partial charge in [0.2, 0.25) is 23.8 Å². The highest BCUT2D eigenvalue weighted by Gasteiger charge is 2.56. The van der Waals surface area contributed by atoms with Crippen LogP contribution < -0.4 is 19.6 Å². The van der Waals surface area contributed by atoms with Gasteiger partial charge in [-0.25, -0.2) is 39.9 Å². The zero-order valence-electron chi connectivity index (χ0n) is 53.1. The van der Waals surface area contributed by atoms with Gasteiger partial charge in [0.25, 0.3) is 0 Å². The Morgan fingerprint density at radius 2 is 0.359 bits per heavy atom. The summed E-state index contributed by atoms with van der Waals surface area (Å²) in [7, 11) is 0. The number of aromatic nitrogens is 8. The predicted octanol–water partition coefficient (Wildman–Crippen LogP) is 16.4. The van der Waals surface area contributed by atoms with E-state index in [0.717, 1.165) is 90.6 Å². The number of fused-ring (bicyclic) bond motifs is 2. The van der Waals surface area contributed by atoms with Crippen LogP contribution in [-0.4, -0.2) is 52.2 Å². The third-order valence-corrected chi connectivity index (χ3v) is 15.4. The molecule has 0 aliphatic carbocycles. The van der Waals surface area contributed by atoms with E-state index in [0.29, 0.717) is 23.8 Å². The number of nitrogens with zero attached hydrogens (tertiary/aromatic N) is 12. The van der Waals surface area contributed by atoms with Crippen molar-refractivity contribution in [1.82, 2.24) is 39.9 Å². The number of hydrogen-bond donors (Lipinski definition) is 0. The molecule has 0 saturated carbocycles. The summed E-state index contributed by atoms with van der Waals surface area (Å²) >= 11 is 0. The van der Waals surface area contributed by atoms with Gasteiger partial charge >= 0.3 is 0 Å². The van der Waals surface area contributed by atoms with E-state index >= 15 is 0 Å². The first kappa shape index (κ1) is 58.1. The molecule has 78 heavy (non-hydrogen) atoms. The molecule has 2 aromatic carbocycles. The van der Waals surface area contributed by atoms with Gasteiger partial charge in [0.05, 0.1) is 68.3 Å². The number of benzene rings is 2. The monoisotopic (exact) mass is 1050 g/mol. The summed E-state index contributed by atoms with van der Waals surface area (Å²) in [6, 6.07) is 18.1. The van der Waals surface area contributed by atoms with Gasteiger partial charge in [-0.2, -0.15) is 0 Å². The molecule has 0 radical (unpaired) electrons. The maximum atomic E-state index is 5.72. The summed E-state index contributed by atoms with van der Waals surface area (Å²) in [6.45, 7) is 62.5. The Hall–Kier alpha value is -6.04. The van der Waals surface area contributed by atoms with Crippen molar-refractivity contribution < 1.29 is 0 Å². The molecular weight excluding hydrogens is 961 g/mol. The molecule has 8 rings (SSSR count). The molecule has 0 spiro atoms. The molecule has 2 aliphatic rings. The van der Waals surface area contributed by atoms with Crippen LogP contribution >= 0.6 is 0 Å². The largest absolute Gasteiger partial charge is 0.283 e. The Kier molecular flexibility index (Phi) is 14.0. The van der Waals surface area contributed by atoms with E-state index in [4.69, 9.17) is 39.9 Å². The lowest BCUT2D eigenvalue weighted by Crippen LogP contribution is -2.59. The maximum Gasteiger partial charge on any atom is 0.232 e. The molecule has 0 atom stereocenters. The SMILES string of the molecule is Cc1cc2c(cc1C)N(c1nc(C(C)(C)C)cc(C(C)(C)C)n1)C(C1N(c3nc(C(C)(C)C)cc(C(C)(C)C)n3)c3cc(C)c(C)cc3N1c1nc(C(C)(C)C)cc(C(C)(C)C)n1)N2c1nc(C(C)(C)C)cc(C(C)(C)C)n1. The van der Waals surface area contributed by atoms with Crippen LogP contribution in [0.2, 0.25) is 0 Å². The van der Waals surface area contributed by atoms with Crippen LogP contribution in [0.25, 0.3) is 0 Å². The van der Waals surface area contributed by atoms with Gasteiger partial charge in [-0.15, -0.1) is 0 Å². The average molecular weight is 1060 g/mol. The molecule has 4 aromatic heterocycles. The van der Waals surface area contributed by atoms with Crippen LogP contribution in [0.15, 0.2) is 48.5 Å². The van der Waals surface area contributed by atoms with Crippen molar-refractivity contribution in [1.29, 1.82) is 0 Å². The number of aryl methyl sites for hydroxylation is 4. The third kappa shape index (κ3) is 11.0. The van der Waals surface area contributed by atoms with Crippen molar-refractivity contribution in [2.45, 2.75) is 250 Å². The maximum absolute atomic E-state index is 5.72. The molecule has 0 bridgehead atoms. The number of anilines is 8. The third-order valence-electron chi connectivity index (χ3n) is 15.4. The van der Waals surface area contributed by atoms with Crippen molar-refractivity contribution >= 4 is 46.5 Å². The molecular formula is C66H94N12. The molecule has 418 valence electrons. The average Bonchev–Trinajstić information content (AvgIpc) is 3.77. The van der Waals surface area contributed by atoms with Crippen LogP contribution in [-0.2, 0) is 43.3 Å². The lowest BCUT2D eigenvalue weighted by Gasteiger charge is -2.43. The van der Waals surface area contributed by atoms with E-state index in [-0.39, 0.29) is 43.3 Å². The van der Waals surface area contributed by atoms with Gasteiger partial charge in [0.1, 0.15) is 0 Å². The summed E-state index contributed by atoms with van der Waals surface area (Å²) in [6.07, 6.45) is -1.47. The normalized spacial score (nSPS) is 15.5. The molecule has 0 fully saturated rings. The Morgan fingerprint density at radius 1 is 0.231 bits per heavy atom. The smallest absolute Gasteiger partial charge is 0.232 e. The molecule has 0 saturated heterocycles. The van der Waals surface area contributed by atoms with Crippen LogP contribution in [0.5, 0.6) is 0 Å². The second-order valence-electron chi connectivity index (χ2n) is 30.9. The molecule has 6 heterocycles.